The fraction of sp³-hybridized carbons (Fsp3) is 0.250. The van der Waals surface area contributed by atoms with Gasteiger partial charge in [0, 0.05) is 44.3 Å². The van der Waals surface area contributed by atoms with Crippen LogP contribution in [0.15, 0.2) is 36.7 Å². The average molecular weight is 318 g/mol. The van der Waals surface area contributed by atoms with Gasteiger partial charge < -0.3 is 15.5 Å². The quantitative estimate of drug-likeness (QED) is 0.859. The summed E-state index contributed by atoms with van der Waals surface area (Å²) < 4.78 is 27.9. The molecule has 2 heterocycles. The zero-order valence-corrected chi connectivity index (χ0v) is 12.4. The van der Waals surface area contributed by atoms with E-state index in [1.807, 2.05) is 0 Å². The second-order valence-corrected chi connectivity index (χ2v) is 5.35. The lowest BCUT2D eigenvalue weighted by Gasteiger charge is -2.36. The Labute approximate surface area is 132 Å². The SMILES string of the molecule is Nc1cc(F)c(N2CCN(C(=O)c3cccnc3)CC2)c(F)c1. The minimum absolute atomic E-state index is 0.0501. The van der Waals surface area contributed by atoms with Gasteiger partial charge in [-0.05, 0) is 24.3 Å². The summed E-state index contributed by atoms with van der Waals surface area (Å²) >= 11 is 0. The van der Waals surface area contributed by atoms with E-state index in [2.05, 4.69) is 4.98 Å². The number of aromatic nitrogens is 1. The number of nitrogens with two attached hydrogens (primary N) is 1. The van der Waals surface area contributed by atoms with Crippen LogP contribution >= 0.6 is 0 Å². The number of nitrogen functional groups attached to an aromatic ring is 1. The first-order chi connectivity index (χ1) is 11.1. The van der Waals surface area contributed by atoms with Crippen molar-refractivity contribution in [3.63, 3.8) is 0 Å². The lowest BCUT2D eigenvalue weighted by molar-refractivity contribution is 0.0746. The fourth-order valence-corrected chi connectivity index (χ4v) is 2.69. The minimum Gasteiger partial charge on any atom is -0.399 e. The van der Waals surface area contributed by atoms with Crippen molar-refractivity contribution in [1.29, 1.82) is 0 Å². The average Bonchev–Trinajstić information content (AvgIpc) is 2.55. The number of amides is 1. The molecule has 0 spiro atoms. The largest absolute Gasteiger partial charge is 0.399 e. The van der Waals surface area contributed by atoms with Crippen LogP contribution in [-0.2, 0) is 0 Å². The fourth-order valence-electron chi connectivity index (χ4n) is 2.69. The van der Waals surface area contributed by atoms with Crippen molar-refractivity contribution >= 4 is 17.3 Å². The molecule has 0 aliphatic carbocycles. The highest BCUT2D eigenvalue weighted by molar-refractivity contribution is 5.94. The van der Waals surface area contributed by atoms with Gasteiger partial charge in [0.25, 0.3) is 5.91 Å². The van der Waals surface area contributed by atoms with Crippen LogP contribution in [0.2, 0.25) is 0 Å². The molecule has 5 nitrogen and oxygen atoms in total. The lowest BCUT2D eigenvalue weighted by Crippen LogP contribution is -2.49. The van der Waals surface area contributed by atoms with Gasteiger partial charge in [-0.25, -0.2) is 8.78 Å². The van der Waals surface area contributed by atoms with E-state index >= 15 is 0 Å². The molecule has 2 N–H and O–H groups in total. The number of carbonyl (C=O) groups is 1. The molecule has 1 fully saturated rings. The summed E-state index contributed by atoms with van der Waals surface area (Å²) in [4.78, 5) is 19.5. The van der Waals surface area contributed by atoms with E-state index in [0.717, 1.165) is 12.1 Å². The predicted octanol–water partition coefficient (Wildman–Crippen LogP) is 1.90. The van der Waals surface area contributed by atoms with Gasteiger partial charge >= 0.3 is 0 Å². The third kappa shape index (κ3) is 3.08. The molecule has 1 aromatic carbocycles. The number of rotatable bonds is 2. The monoisotopic (exact) mass is 318 g/mol. The van der Waals surface area contributed by atoms with Crippen molar-refractivity contribution in [2.75, 3.05) is 36.8 Å². The van der Waals surface area contributed by atoms with Crippen molar-refractivity contribution in [2.24, 2.45) is 0 Å². The van der Waals surface area contributed by atoms with Crippen molar-refractivity contribution in [2.45, 2.75) is 0 Å². The molecular weight excluding hydrogens is 302 g/mol. The van der Waals surface area contributed by atoms with E-state index in [-0.39, 0.29) is 17.3 Å². The molecule has 120 valence electrons. The molecule has 0 unspecified atom stereocenters. The third-order valence-corrected chi connectivity index (χ3v) is 3.83. The Morgan fingerprint density at radius 1 is 1.13 bits per heavy atom. The molecule has 1 aliphatic rings. The van der Waals surface area contributed by atoms with E-state index < -0.39 is 11.6 Å². The third-order valence-electron chi connectivity index (χ3n) is 3.83. The van der Waals surface area contributed by atoms with E-state index in [9.17, 15) is 13.6 Å². The maximum absolute atomic E-state index is 14.0. The normalized spacial score (nSPS) is 14.9. The molecule has 7 heteroatoms. The van der Waals surface area contributed by atoms with Crippen LogP contribution in [0, 0.1) is 11.6 Å². The van der Waals surface area contributed by atoms with Crippen LogP contribution in [0.1, 0.15) is 10.4 Å². The van der Waals surface area contributed by atoms with E-state index in [1.165, 1.54) is 6.20 Å². The van der Waals surface area contributed by atoms with Crippen LogP contribution in [-0.4, -0.2) is 42.0 Å². The van der Waals surface area contributed by atoms with E-state index in [4.69, 9.17) is 5.73 Å². The molecule has 0 saturated carbocycles. The summed E-state index contributed by atoms with van der Waals surface area (Å²) in [6.07, 6.45) is 3.11. The Morgan fingerprint density at radius 3 is 2.35 bits per heavy atom. The Balaban J connectivity index is 1.71. The maximum Gasteiger partial charge on any atom is 0.255 e. The highest BCUT2D eigenvalue weighted by Gasteiger charge is 2.25. The number of nitrogens with zero attached hydrogens (tertiary/aromatic N) is 3. The number of anilines is 2. The Kier molecular flexibility index (Phi) is 4.10. The highest BCUT2D eigenvalue weighted by atomic mass is 19.1. The Morgan fingerprint density at radius 2 is 1.78 bits per heavy atom. The summed E-state index contributed by atoms with van der Waals surface area (Å²) in [6.45, 7) is 1.47. The number of piperazine rings is 1. The minimum atomic E-state index is -0.686. The summed E-state index contributed by atoms with van der Waals surface area (Å²) in [6, 6.07) is 5.60. The van der Waals surface area contributed by atoms with E-state index in [0.29, 0.717) is 31.7 Å². The van der Waals surface area contributed by atoms with Crippen molar-refractivity contribution < 1.29 is 13.6 Å². The number of benzene rings is 1. The van der Waals surface area contributed by atoms with Gasteiger partial charge in [0.15, 0.2) is 11.6 Å². The van der Waals surface area contributed by atoms with E-state index in [1.54, 1.807) is 28.1 Å². The maximum atomic E-state index is 14.0. The lowest BCUT2D eigenvalue weighted by atomic mass is 10.2. The number of halogens is 2. The first kappa shape index (κ1) is 15.2. The first-order valence-corrected chi connectivity index (χ1v) is 7.25. The molecule has 1 aromatic heterocycles. The summed E-state index contributed by atoms with van der Waals surface area (Å²) in [5.74, 6) is -1.50. The molecule has 23 heavy (non-hydrogen) atoms. The molecule has 1 saturated heterocycles. The molecule has 1 aliphatic heterocycles. The molecule has 1 amide bonds. The predicted molar refractivity (Wildman–Crippen MR) is 83.1 cm³/mol. The van der Waals surface area contributed by atoms with Crippen molar-refractivity contribution in [1.82, 2.24) is 9.88 Å². The molecule has 0 bridgehead atoms. The van der Waals surface area contributed by atoms with Crippen molar-refractivity contribution in [3.05, 3.63) is 53.9 Å². The second-order valence-electron chi connectivity index (χ2n) is 5.35. The summed E-state index contributed by atoms with van der Waals surface area (Å²) in [5, 5.41) is 0. The standard InChI is InChI=1S/C16H16F2N4O/c17-13-8-12(19)9-14(18)15(13)21-4-6-22(7-5-21)16(23)11-2-1-3-20-10-11/h1-3,8-10H,4-7,19H2. The van der Waals surface area contributed by atoms with Crippen LogP contribution < -0.4 is 10.6 Å². The molecule has 0 atom stereocenters. The van der Waals surface area contributed by atoms with Crippen LogP contribution in [0.25, 0.3) is 0 Å². The van der Waals surface area contributed by atoms with Crippen molar-refractivity contribution in [3.8, 4) is 0 Å². The Hall–Kier alpha value is -2.70. The van der Waals surface area contributed by atoms with Crippen LogP contribution in [0.5, 0.6) is 0 Å². The van der Waals surface area contributed by atoms with Gasteiger partial charge in [0.2, 0.25) is 0 Å². The summed E-state index contributed by atoms with van der Waals surface area (Å²) in [5.41, 5.74) is 5.89. The Bertz CT molecular complexity index is 692. The zero-order chi connectivity index (χ0) is 16.4. The molecule has 3 rings (SSSR count). The topological polar surface area (TPSA) is 62.5 Å². The zero-order valence-electron chi connectivity index (χ0n) is 12.4. The van der Waals surface area contributed by atoms with Gasteiger partial charge in [-0.15, -0.1) is 0 Å². The highest BCUT2D eigenvalue weighted by Crippen LogP contribution is 2.27. The van der Waals surface area contributed by atoms with Gasteiger partial charge in [-0.3, -0.25) is 9.78 Å². The van der Waals surface area contributed by atoms with Crippen LogP contribution in [0.3, 0.4) is 0 Å². The van der Waals surface area contributed by atoms with Gasteiger partial charge in [0.05, 0.1) is 5.56 Å². The summed E-state index contributed by atoms with van der Waals surface area (Å²) in [7, 11) is 0. The molecular formula is C16H16F2N4O. The number of hydrogen-bond donors (Lipinski definition) is 1. The van der Waals surface area contributed by atoms with Gasteiger partial charge in [-0.1, -0.05) is 0 Å². The number of hydrogen-bond acceptors (Lipinski definition) is 4. The first-order valence-electron chi connectivity index (χ1n) is 7.25. The number of pyridine rings is 1. The smallest absolute Gasteiger partial charge is 0.255 e. The van der Waals surface area contributed by atoms with Crippen LogP contribution in [0.4, 0.5) is 20.2 Å². The number of carbonyl (C=O) groups excluding carboxylic acids is 1. The molecule has 0 radical (unpaired) electrons. The second kappa shape index (κ2) is 6.20. The van der Waals surface area contributed by atoms with Gasteiger partial charge in [-0.2, -0.15) is 0 Å². The molecule has 2 aromatic rings. The van der Waals surface area contributed by atoms with Gasteiger partial charge in [0.1, 0.15) is 5.69 Å².